The number of nitrogens with zero attached hydrogens (tertiary/aromatic N) is 1. The van der Waals surface area contributed by atoms with Gasteiger partial charge in [-0.3, -0.25) is 9.59 Å². The minimum Gasteiger partial charge on any atom is -0.336 e. The summed E-state index contributed by atoms with van der Waals surface area (Å²) >= 11 is 5.77. The Kier molecular flexibility index (Phi) is 5.47. The second kappa shape index (κ2) is 7.70. The number of alkyl halides is 3. The molecule has 1 saturated heterocycles. The lowest BCUT2D eigenvalue weighted by molar-refractivity contribution is -0.140. The zero-order chi connectivity index (χ0) is 21.3. The van der Waals surface area contributed by atoms with Crippen LogP contribution in [0.15, 0.2) is 42.5 Å². The second-order valence-electron chi connectivity index (χ2n) is 6.07. The van der Waals surface area contributed by atoms with Crippen molar-refractivity contribution >= 4 is 40.8 Å². The summed E-state index contributed by atoms with van der Waals surface area (Å²) in [4.78, 5) is 37.9. The van der Waals surface area contributed by atoms with E-state index in [0.29, 0.717) is 17.2 Å². The van der Waals surface area contributed by atoms with Gasteiger partial charge in [0.15, 0.2) is 0 Å². The Labute approximate surface area is 166 Å². The van der Waals surface area contributed by atoms with E-state index in [2.05, 4.69) is 10.6 Å². The predicted octanol–water partition coefficient (Wildman–Crippen LogP) is 3.81. The van der Waals surface area contributed by atoms with Crippen molar-refractivity contribution < 1.29 is 31.9 Å². The molecule has 0 aliphatic carbocycles. The molecule has 11 heteroatoms. The Morgan fingerprint density at radius 2 is 1.79 bits per heavy atom. The molecule has 1 heterocycles. The quantitative estimate of drug-likeness (QED) is 0.575. The number of hydrogen-bond acceptors (Lipinski definition) is 3. The van der Waals surface area contributed by atoms with E-state index in [9.17, 15) is 31.9 Å². The van der Waals surface area contributed by atoms with Gasteiger partial charge in [-0.2, -0.15) is 13.2 Å². The minimum absolute atomic E-state index is 0.163. The van der Waals surface area contributed by atoms with Gasteiger partial charge in [0.1, 0.15) is 11.7 Å². The van der Waals surface area contributed by atoms with E-state index < -0.39 is 41.3 Å². The molecule has 1 aliphatic heterocycles. The van der Waals surface area contributed by atoms with Gasteiger partial charge in [-0.25, -0.2) is 14.1 Å². The van der Waals surface area contributed by atoms with Crippen LogP contribution in [0.5, 0.6) is 0 Å². The van der Waals surface area contributed by atoms with Crippen LogP contribution in [-0.2, 0) is 15.8 Å². The van der Waals surface area contributed by atoms with Crippen LogP contribution in [0.1, 0.15) is 5.56 Å². The first-order chi connectivity index (χ1) is 13.6. The topological polar surface area (TPSA) is 78.5 Å². The third kappa shape index (κ3) is 4.32. The average molecular weight is 430 g/mol. The summed E-state index contributed by atoms with van der Waals surface area (Å²) in [6, 6.07) is 6.84. The Hall–Kier alpha value is -3.14. The fourth-order valence-electron chi connectivity index (χ4n) is 2.70. The molecular formula is C18H12ClF4N3O3. The Bertz CT molecular complexity index is 979. The Morgan fingerprint density at radius 1 is 1.14 bits per heavy atom. The molecular weight excluding hydrogens is 418 g/mol. The molecule has 1 atom stereocenters. The lowest BCUT2D eigenvalue weighted by Crippen LogP contribution is -2.58. The van der Waals surface area contributed by atoms with Gasteiger partial charge >= 0.3 is 12.2 Å². The summed E-state index contributed by atoms with van der Waals surface area (Å²) < 4.78 is 51.8. The molecule has 1 unspecified atom stereocenters. The van der Waals surface area contributed by atoms with E-state index in [4.69, 9.17) is 11.6 Å². The molecule has 3 rings (SSSR count). The van der Waals surface area contributed by atoms with Gasteiger partial charge in [-0.15, -0.1) is 0 Å². The number of carbonyl (C=O) groups excluding carboxylic acids is 3. The van der Waals surface area contributed by atoms with Crippen molar-refractivity contribution in [1.82, 2.24) is 5.32 Å². The highest BCUT2D eigenvalue weighted by molar-refractivity contribution is 6.30. The zero-order valence-electron chi connectivity index (χ0n) is 14.4. The van der Waals surface area contributed by atoms with Crippen molar-refractivity contribution in [2.24, 2.45) is 5.92 Å². The molecule has 0 radical (unpaired) electrons. The Balaban J connectivity index is 1.82. The third-order valence-electron chi connectivity index (χ3n) is 4.12. The minimum atomic E-state index is -4.95. The molecule has 29 heavy (non-hydrogen) atoms. The number of anilines is 2. The SMILES string of the molecule is O=C(Nc1ccc(F)c(C(F)(F)F)c1)C1CNC(=O)N(c2ccc(Cl)cc2)C1=O. The van der Waals surface area contributed by atoms with Crippen LogP contribution in [0, 0.1) is 11.7 Å². The first-order valence-corrected chi connectivity index (χ1v) is 8.50. The van der Waals surface area contributed by atoms with E-state index in [0.717, 1.165) is 11.0 Å². The van der Waals surface area contributed by atoms with Gasteiger partial charge in [0, 0.05) is 17.3 Å². The Morgan fingerprint density at radius 3 is 2.41 bits per heavy atom. The molecule has 0 saturated carbocycles. The number of urea groups is 1. The molecule has 0 bridgehead atoms. The van der Waals surface area contributed by atoms with E-state index >= 15 is 0 Å². The number of halogens is 5. The van der Waals surface area contributed by atoms with Gasteiger partial charge < -0.3 is 10.6 Å². The van der Waals surface area contributed by atoms with Gasteiger partial charge in [0.05, 0.1) is 11.3 Å². The molecule has 2 aromatic carbocycles. The maximum absolute atomic E-state index is 13.4. The van der Waals surface area contributed by atoms with Crippen molar-refractivity contribution in [3.05, 3.63) is 58.9 Å². The number of amides is 4. The molecule has 0 aromatic heterocycles. The van der Waals surface area contributed by atoms with Gasteiger partial charge in [0.25, 0.3) is 0 Å². The van der Waals surface area contributed by atoms with E-state index in [1.807, 2.05) is 0 Å². The van der Waals surface area contributed by atoms with Crippen molar-refractivity contribution in [2.75, 3.05) is 16.8 Å². The smallest absolute Gasteiger partial charge is 0.336 e. The highest BCUT2D eigenvalue weighted by Crippen LogP contribution is 2.33. The predicted molar refractivity (Wildman–Crippen MR) is 95.9 cm³/mol. The van der Waals surface area contributed by atoms with Crippen molar-refractivity contribution in [3.8, 4) is 0 Å². The second-order valence-corrected chi connectivity index (χ2v) is 6.51. The maximum atomic E-state index is 13.4. The van der Waals surface area contributed by atoms with E-state index in [1.54, 1.807) is 0 Å². The molecule has 152 valence electrons. The summed E-state index contributed by atoms with van der Waals surface area (Å²) in [5.74, 6) is -4.71. The highest BCUT2D eigenvalue weighted by Gasteiger charge is 2.40. The standard InChI is InChI=1S/C18H12ClF4N3O3/c19-9-1-4-11(5-2-9)26-16(28)12(8-24-17(26)29)15(27)25-10-3-6-14(20)13(7-10)18(21,22)23/h1-7,12H,8H2,(H,24,29)(H,25,27). The fourth-order valence-corrected chi connectivity index (χ4v) is 2.83. The summed E-state index contributed by atoms with van der Waals surface area (Å²) in [6.45, 7) is -0.346. The van der Waals surface area contributed by atoms with Crippen molar-refractivity contribution in [1.29, 1.82) is 0 Å². The molecule has 2 aromatic rings. The van der Waals surface area contributed by atoms with Crippen LogP contribution in [0.4, 0.5) is 33.7 Å². The van der Waals surface area contributed by atoms with Crippen molar-refractivity contribution in [2.45, 2.75) is 6.18 Å². The summed E-state index contributed by atoms with van der Waals surface area (Å²) in [5, 5.41) is 4.89. The van der Waals surface area contributed by atoms with Crippen LogP contribution in [-0.4, -0.2) is 24.4 Å². The monoisotopic (exact) mass is 429 g/mol. The molecule has 1 aliphatic rings. The van der Waals surface area contributed by atoms with E-state index in [-0.39, 0.29) is 17.9 Å². The van der Waals surface area contributed by atoms with Gasteiger partial charge in [-0.05, 0) is 42.5 Å². The largest absolute Gasteiger partial charge is 0.419 e. The van der Waals surface area contributed by atoms with Crippen LogP contribution in [0.25, 0.3) is 0 Å². The third-order valence-corrected chi connectivity index (χ3v) is 4.37. The normalized spacial score (nSPS) is 17.1. The van der Waals surface area contributed by atoms with Gasteiger partial charge in [-0.1, -0.05) is 11.6 Å². The molecule has 4 amide bonds. The molecule has 2 N–H and O–H groups in total. The number of benzene rings is 2. The first-order valence-electron chi connectivity index (χ1n) is 8.13. The number of hydrogen-bond donors (Lipinski definition) is 2. The molecule has 0 spiro atoms. The van der Waals surface area contributed by atoms with Crippen LogP contribution < -0.4 is 15.5 Å². The van der Waals surface area contributed by atoms with Crippen LogP contribution >= 0.6 is 11.6 Å². The number of imide groups is 1. The average Bonchev–Trinajstić information content (AvgIpc) is 2.64. The zero-order valence-corrected chi connectivity index (χ0v) is 15.1. The van der Waals surface area contributed by atoms with Gasteiger partial charge in [0.2, 0.25) is 11.8 Å². The number of carbonyl (C=O) groups is 3. The summed E-state index contributed by atoms with van der Waals surface area (Å²) in [7, 11) is 0. The van der Waals surface area contributed by atoms with Crippen LogP contribution in [0.2, 0.25) is 5.02 Å². The first kappa shape index (κ1) is 20.6. The lowest BCUT2D eigenvalue weighted by Gasteiger charge is -2.30. The highest BCUT2D eigenvalue weighted by atomic mass is 35.5. The number of nitrogens with one attached hydrogen (secondary N) is 2. The summed E-state index contributed by atoms with van der Waals surface area (Å²) in [5.41, 5.74) is -1.73. The summed E-state index contributed by atoms with van der Waals surface area (Å²) in [6.07, 6.45) is -4.95. The van der Waals surface area contributed by atoms with Crippen molar-refractivity contribution in [3.63, 3.8) is 0 Å². The maximum Gasteiger partial charge on any atom is 0.419 e. The molecule has 1 fully saturated rings. The number of rotatable bonds is 3. The van der Waals surface area contributed by atoms with E-state index in [1.165, 1.54) is 24.3 Å². The van der Waals surface area contributed by atoms with Crippen LogP contribution in [0.3, 0.4) is 0 Å². The fraction of sp³-hybridized carbons (Fsp3) is 0.167. The molecule has 6 nitrogen and oxygen atoms in total. The lowest BCUT2D eigenvalue weighted by atomic mass is 10.0.